The lowest BCUT2D eigenvalue weighted by atomic mass is 10.1. The van der Waals surface area contributed by atoms with Gasteiger partial charge >= 0.3 is 0 Å². The Labute approximate surface area is 132 Å². The molecule has 0 radical (unpaired) electrons. The molecule has 0 saturated carbocycles. The minimum Gasteiger partial charge on any atom is -0.195 e. The van der Waals surface area contributed by atoms with Crippen LogP contribution in [-0.4, -0.2) is 42.5 Å². The zero-order valence-corrected chi connectivity index (χ0v) is 14.2. The highest BCUT2D eigenvalue weighted by atomic mass is 35.5. The van der Waals surface area contributed by atoms with Crippen molar-refractivity contribution in [2.24, 2.45) is 0 Å². The first-order chi connectivity index (χ1) is 9.95. The highest BCUT2D eigenvalue weighted by molar-refractivity contribution is 7.86. The van der Waals surface area contributed by atoms with Crippen LogP contribution in [0.4, 0.5) is 0 Å². The van der Waals surface area contributed by atoms with Crippen molar-refractivity contribution in [3.63, 3.8) is 0 Å². The zero-order chi connectivity index (χ0) is 15.5. The number of piperidine rings is 1. The molecule has 1 aliphatic rings. The normalized spacial score (nSPS) is 20.9. The minimum atomic E-state index is -3.45. The summed E-state index contributed by atoms with van der Waals surface area (Å²) in [5, 5.41) is 0. The molecule has 1 aromatic carbocycles. The second kappa shape index (κ2) is 7.09. The highest BCUT2D eigenvalue weighted by Crippen LogP contribution is 2.23. The minimum absolute atomic E-state index is 0.0779. The van der Waals surface area contributed by atoms with E-state index in [1.807, 2.05) is 31.2 Å². The maximum absolute atomic E-state index is 12.7. The van der Waals surface area contributed by atoms with E-state index in [2.05, 4.69) is 0 Å². The van der Waals surface area contributed by atoms with Crippen molar-refractivity contribution in [2.75, 3.05) is 19.5 Å². The molecule has 0 bridgehead atoms. The van der Waals surface area contributed by atoms with Gasteiger partial charge in [0.15, 0.2) is 0 Å². The van der Waals surface area contributed by atoms with Crippen LogP contribution >= 0.6 is 11.6 Å². The number of benzene rings is 1. The lowest BCUT2D eigenvalue weighted by Crippen LogP contribution is -2.50. The van der Waals surface area contributed by atoms with Gasteiger partial charge in [0.05, 0.1) is 0 Å². The number of alkyl halides is 1. The SMILES string of the molecule is Cc1ccc(CN(C)S(=O)(=O)N2CCCCC2CCl)cc1. The van der Waals surface area contributed by atoms with Crippen molar-refractivity contribution >= 4 is 21.8 Å². The molecule has 1 heterocycles. The molecule has 0 aliphatic carbocycles. The number of hydrogen-bond acceptors (Lipinski definition) is 2. The number of halogens is 1. The van der Waals surface area contributed by atoms with Crippen LogP contribution in [0.3, 0.4) is 0 Å². The van der Waals surface area contributed by atoms with Crippen LogP contribution in [-0.2, 0) is 16.8 Å². The van der Waals surface area contributed by atoms with Crippen molar-refractivity contribution in [3.05, 3.63) is 35.4 Å². The molecule has 2 rings (SSSR count). The molecule has 0 spiro atoms. The third-order valence-electron chi connectivity index (χ3n) is 3.97. The van der Waals surface area contributed by atoms with Crippen LogP contribution in [0.2, 0.25) is 0 Å². The van der Waals surface area contributed by atoms with E-state index in [1.54, 1.807) is 11.4 Å². The summed E-state index contributed by atoms with van der Waals surface area (Å²) >= 11 is 5.94. The van der Waals surface area contributed by atoms with Crippen LogP contribution in [0.15, 0.2) is 24.3 Å². The van der Waals surface area contributed by atoms with E-state index in [9.17, 15) is 8.42 Å². The Morgan fingerprint density at radius 2 is 1.95 bits per heavy atom. The summed E-state index contributed by atoms with van der Waals surface area (Å²) in [5.74, 6) is 0.359. The number of hydrogen-bond donors (Lipinski definition) is 0. The molecular formula is C15H23ClN2O2S. The predicted octanol–water partition coefficient (Wildman–Crippen LogP) is 2.76. The molecule has 21 heavy (non-hydrogen) atoms. The molecule has 1 unspecified atom stereocenters. The Bertz CT molecular complexity index is 560. The number of nitrogens with zero attached hydrogens (tertiary/aromatic N) is 2. The maximum Gasteiger partial charge on any atom is 0.282 e. The smallest absolute Gasteiger partial charge is 0.195 e. The van der Waals surface area contributed by atoms with Gasteiger partial charge in [0.1, 0.15) is 0 Å². The van der Waals surface area contributed by atoms with Gasteiger partial charge in [-0.05, 0) is 25.3 Å². The van der Waals surface area contributed by atoms with Gasteiger partial charge < -0.3 is 0 Å². The number of rotatable bonds is 5. The Hall–Kier alpha value is -0.620. The molecule has 1 aliphatic heterocycles. The standard InChI is InChI=1S/C15H23ClN2O2S/c1-13-6-8-14(9-7-13)12-17(2)21(19,20)18-10-4-3-5-15(18)11-16/h6-9,15H,3-5,10-12H2,1-2H3. The van der Waals surface area contributed by atoms with Crippen LogP contribution in [0.1, 0.15) is 30.4 Å². The second-order valence-corrected chi connectivity index (χ2v) is 7.96. The van der Waals surface area contributed by atoms with E-state index in [-0.39, 0.29) is 6.04 Å². The second-order valence-electron chi connectivity index (χ2n) is 5.66. The Morgan fingerprint density at radius 1 is 1.29 bits per heavy atom. The molecule has 0 N–H and O–H groups in total. The number of aryl methyl sites for hydroxylation is 1. The summed E-state index contributed by atoms with van der Waals surface area (Å²) in [5.41, 5.74) is 2.16. The quantitative estimate of drug-likeness (QED) is 0.779. The molecule has 1 fully saturated rings. The fraction of sp³-hybridized carbons (Fsp3) is 0.600. The highest BCUT2D eigenvalue weighted by Gasteiger charge is 2.34. The van der Waals surface area contributed by atoms with Gasteiger partial charge in [0, 0.05) is 32.1 Å². The fourth-order valence-electron chi connectivity index (χ4n) is 2.64. The summed E-state index contributed by atoms with van der Waals surface area (Å²) in [7, 11) is -1.82. The Balaban J connectivity index is 2.12. The van der Waals surface area contributed by atoms with Gasteiger partial charge in [0.2, 0.25) is 0 Å². The van der Waals surface area contributed by atoms with Crippen molar-refractivity contribution in [2.45, 2.75) is 38.8 Å². The fourth-order valence-corrected chi connectivity index (χ4v) is 4.63. The van der Waals surface area contributed by atoms with Crippen LogP contribution in [0.25, 0.3) is 0 Å². The van der Waals surface area contributed by atoms with Gasteiger partial charge in [-0.2, -0.15) is 17.0 Å². The van der Waals surface area contributed by atoms with Crippen molar-refractivity contribution in [1.29, 1.82) is 0 Å². The molecule has 1 saturated heterocycles. The molecule has 4 nitrogen and oxygen atoms in total. The van der Waals surface area contributed by atoms with E-state index in [0.717, 1.165) is 24.8 Å². The van der Waals surface area contributed by atoms with Crippen LogP contribution in [0.5, 0.6) is 0 Å². The average Bonchev–Trinajstić information content (AvgIpc) is 2.49. The first-order valence-electron chi connectivity index (χ1n) is 7.30. The first-order valence-corrected chi connectivity index (χ1v) is 9.23. The summed E-state index contributed by atoms with van der Waals surface area (Å²) in [6.07, 6.45) is 2.80. The van der Waals surface area contributed by atoms with Crippen molar-refractivity contribution < 1.29 is 8.42 Å². The van der Waals surface area contributed by atoms with E-state index in [0.29, 0.717) is 19.0 Å². The molecule has 1 aromatic rings. The first kappa shape index (κ1) is 16.7. The lowest BCUT2D eigenvalue weighted by molar-refractivity contribution is 0.251. The van der Waals surface area contributed by atoms with Crippen LogP contribution < -0.4 is 0 Å². The van der Waals surface area contributed by atoms with Crippen molar-refractivity contribution in [3.8, 4) is 0 Å². The van der Waals surface area contributed by atoms with Gasteiger partial charge in [-0.15, -0.1) is 11.6 Å². The van der Waals surface area contributed by atoms with Gasteiger partial charge in [-0.1, -0.05) is 36.2 Å². The predicted molar refractivity (Wildman–Crippen MR) is 86.6 cm³/mol. The molecule has 0 amide bonds. The average molecular weight is 331 g/mol. The van der Waals surface area contributed by atoms with E-state index in [4.69, 9.17) is 11.6 Å². The van der Waals surface area contributed by atoms with Gasteiger partial charge in [0.25, 0.3) is 10.2 Å². The summed E-state index contributed by atoms with van der Waals surface area (Å²) in [6.45, 7) is 2.97. The maximum atomic E-state index is 12.7. The summed E-state index contributed by atoms with van der Waals surface area (Å²) < 4.78 is 28.4. The molecule has 118 valence electrons. The monoisotopic (exact) mass is 330 g/mol. The molecule has 6 heteroatoms. The van der Waals surface area contributed by atoms with Crippen molar-refractivity contribution in [1.82, 2.24) is 8.61 Å². The van der Waals surface area contributed by atoms with Gasteiger partial charge in [-0.3, -0.25) is 0 Å². The van der Waals surface area contributed by atoms with E-state index in [1.165, 1.54) is 9.87 Å². The third-order valence-corrected chi connectivity index (χ3v) is 6.31. The zero-order valence-electron chi connectivity index (χ0n) is 12.6. The van der Waals surface area contributed by atoms with Crippen LogP contribution in [0, 0.1) is 6.92 Å². The topological polar surface area (TPSA) is 40.6 Å². The third kappa shape index (κ3) is 3.97. The van der Waals surface area contributed by atoms with Gasteiger partial charge in [-0.25, -0.2) is 0 Å². The molecule has 0 aromatic heterocycles. The Morgan fingerprint density at radius 3 is 2.57 bits per heavy atom. The van der Waals surface area contributed by atoms with E-state index >= 15 is 0 Å². The lowest BCUT2D eigenvalue weighted by Gasteiger charge is -2.36. The van der Waals surface area contributed by atoms with E-state index < -0.39 is 10.2 Å². The molecule has 1 atom stereocenters. The molecular weight excluding hydrogens is 308 g/mol. The largest absolute Gasteiger partial charge is 0.282 e. The summed E-state index contributed by atoms with van der Waals surface area (Å²) in [6, 6.07) is 7.86. The Kier molecular flexibility index (Phi) is 5.66. The summed E-state index contributed by atoms with van der Waals surface area (Å²) in [4.78, 5) is 0.